The third-order valence-electron chi connectivity index (χ3n) is 5.04. The molecular weight excluding hydrogens is 404 g/mol. The smallest absolute Gasteiger partial charge is 0.341 e. The standard InChI is InChI=1S/C22H26N2O5S/c1-2-29-22(28)20-16-11-12-24(13-15-7-4-3-5-8-15)14-17(16)30-21(20)23-18(25)9-6-10-19(26)27/h3-5,7-8H,2,6,9-14H2,1H3,(H,23,25)(H,26,27). The van der Waals surface area contributed by atoms with Gasteiger partial charge in [0.25, 0.3) is 0 Å². The van der Waals surface area contributed by atoms with Crippen molar-refractivity contribution < 1.29 is 29.1 Å². The lowest BCUT2D eigenvalue weighted by Gasteiger charge is -2.24. The van der Waals surface area contributed by atoms with Crippen molar-refractivity contribution >= 4 is 34.2 Å². The van der Waals surface area contributed by atoms with Crippen LogP contribution in [0.3, 0.4) is 0 Å². The molecule has 2 aromatic rings. The van der Waals surface area contributed by atoms with Gasteiger partial charge in [-0.1, -0.05) is 30.3 Å². The van der Waals surface area contributed by atoms with E-state index in [1.165, 1.54) is 21.8 Å². The zero-order valence-electron chi connectivity index (χ0n) is 17.0. The first kappa shape index (κ1) is 22.0. The molecule has 1 unspecified atom stereocenters. The quantitative estimate of drug-likeness (QED) is 0.577. The summed E-state index contributed by atoms with van der Waals surface area (Å²) in [4.78, 5) is 37.9. The zero-order valence-corrected chi connectivity index (χ0v) is 17.8. The number of thiophene rings is 1. The second kappa shape index (κ2) is 10.4. The lowest BCUT2D eigenvalue weighted by Crippen LogP contribution is -3.10. The number of anilines is 1. The summed E-state index contributed by atoms with van der Waals surface area (Å²) in [6, 6.07) is 10.3. The topological polar surface area (TPSA) is 100.0 Å². The van der Waals surface area contributed by atoms with Crippen molar-refractivity contribution in [1.82, 2.24) is 0 Å². The highest BCUT2D eigenvalue weighted by Crippen LogP contribution is 2.35. The summed E-state index contributed by atoms with van der Waals surface area (Å²) in [7, 11) is 0. The Bertz CT molecular complexity index is 910. The Morgan fingerprint density at radius 1 is 1.20 bits per heavy atom. The molecule has 0 aliphatic carbocycles. The predicted octanol–water partition coefficient (Wildman–Crippen LogP) is 0.925. The Morgan fingerprint density at radius 2 is 1.97 bits per heavy atom. The molecule has 1 aromatic carbocycles. The highest BCUT2D eigenvalue weighted by Gasteiger charge is 2.31. The van der Waals surface area contributed by atoms with E-state index in [1.807, 2.05) is 18.2 Å². The van der Waals surface area contributed by atoms with Crippen molar-refractivity contribution in [1.29, 1.82) is 0 Å². The number of nitrogens with one attached hydrogen (secondary N) is 2. The Kier molecular flexibility index (Phi) is 7.59. The van der Waals surface area contributed by atoms with Crippen LogP contribution in [0.15, 0.2) is 30.3 Å². The van der Waals surface area contributed by atoms with E-state index in [9.17, 15) is 19.5 Å². The number of esters is 1. The molecule has 0 fully saturated rings. The molecule has 1 aliphatic heterocycles. The molecule has 1 atom stereocenters. The van der Waals surface area contributed by atoms with Crippen LogP contribution < -0.4 is 15.3 Å². The summed E-state index contributed by atoms with van der Waals surface area (Å²) < 4.78 is 5.23. The van der Waals surface area contributed by atoms with Gasteiger partial charge in [-0.15, -0.1) is 11.3 Å². The van der Waals surface area contributed by atoms with Crippen LogP contribution >= 0.6 is 11.3 Å². The average Bonchev–Trinajstić information content (AvgIpc) is 3.05. The number of hydrogen-bond acceptors (Lipinski definition) is 6. The van der Waals surface area contributed by atoms with Crippen LogP contribution in [-0.4, -0.2) is 31.0 Å². The molecule has 1 aromatic heterocycles. The number of carbonyl (C=O) groups is 3. The number of quaternary nitrogens is 1. The van der Waals surface area contributed by atoms with Crippen LogP contribution in [0.4, 0.5) is 5.00 Å². The third-order valence-corrected chi connectivity index (χ3v) is 6.19. The first-order valence-corrected chi connectivity index (χ1v) is 11.0. The minimum Gasteiger partial charge on any atom is -0.550 e. The number of ether oxygens (including phenoxy) is 1. The molecule has 0 spiro atoms. The van der Waals surface area contributed by atoms with E-state index in [0.717, 1.165) is 36.5 Å². The Balaban J connectivity index is 1.75. The van der Waals surface area contributed by atoms with Gasteiger partial charge in [-0.25, -0.2) is 4.79 Å². The molecule has 3 rings (SSSR count). The van der Waals surface area contributed by atoms with Crippen molar-refractivity contribution in [2.75, 3.05) is 18.5 Å². The van der Waals surface area contributed by atoms with Gasteiger partial charge in [-0.2, -0.15) is 0 Å². The summed E-state index contributed by atoms with van der Waals surface area (Å²) in [6.07, 6.45) is 0.826. The average molecular weight is 431 g/mol. The second-order valence-corrected chi connectivity index (χ2v) is 8.40. The lowest BCUT2D eigenvalue weighted by atomic mass is 10.0. The summed E-state index contributed by atoms with van der Waals surface area (Å²) in [5, 5.41) is 13.8. The van der Waals surface area contributed by atoms with E-state index in [1.54, 1.807) is 6.92 Å². The number of amides is 1. The van der Waals surface area contributed by atoms with E-state index in [-0.39, 0.29) is 31.8 Å². The summed E-state index contributed by atoms with van der Waals surface area (Å²) >= 11 is 1.42. The molecule has 0 saturated carbocycles. The minimum absolute atomic E-state index is 0.0597. The van der Waals surface area contributed by atoms with Crippen LogP contribution in [0, 0.1) is 0 Å². The van der Waals surface area contributed by atoms with Gasteiger partial charge in [0.1, 0.15) is 18.1 Å². The normalized spacial score (nSPS) is 15.3. The van der Waals surface area contributed by atoms with Gasteiger partial charge in [0, 0.05) is 24.4 Å². The number of hydrogen-bond donors (Lipinski definition) is 2. The molecule has 2 heterocycles. The van der Waals surface area contributed by atoms with Crippen LogP contribution in [0.1, 0.15) is 52.5 Å². The molecule has 8 heteroatoms. The van der Waals surface area contributed by atoms with Crippen molar-refractivity contribution in [3.8, 4) is 0 Å². The predicted molar refractivity (Wildman–Crippen MR) is 111 cm³/mol. The maximum Gasteiger partial charge on any atom is 0.341 e. The molecule has 0 bridgehead atoms. The van der Waals surface area contributed by atoms with Crippen LogP contribution in [-0.2, 0) is 33.8 Å². The Hall–Kier alpha value is -2.71. The van der Waals surface area contributed by atoms with E-state index < -0.39 is 11.9 Å². The fourth-order valence-electron chi connectivity index (χ4n) is 3.66. The van der Waals surface area contributed by atoms with Gasteiger partial charge in [0.05, 0.1) is 23.6 Å². The monoisotopic (exact) mass is 430 g/mol. The molecule has 0 radical (unpaired) electrons. The Morgan fingerprint density at radius 3 is 2.67 bits per heavy atom. The van der Waals surface area contributed by atoms with Crippen molar-refractivity contribution in [3.63, 3.8) is 0 Å². The van der Waals surface area contributed by atoms with Gasteiger partial charge in [0.15, 0.2) is 0 Å². The fraction of sp³-hybridized carbons (Fsp3) is 0.409. The number of benzene rings is 1. The van der Waals surface area contributed by atoms with Gasteiger partial charge < -0.3 is 24.9 Å². The van der Waals surface area contributed by atoms with E-state index in [4.69, 9.17) is 4.74 Å². The van der Waals surface area contributed by atoms with E-state index in [0.29, 0.717) is 10.6 Å². The highest BCUT2D eigenvalue weighted by molar-refractivity contribution is 7.17. The molecule has 30 heavy (non-hydrogen) atoms. The van der Waals surface area contributed by atoms with Crippen molar-refractivity contribution in [3.05, 3.63) is 51.9 Å². The minimum atomic E-state index is -1.18. The number of carboxylic acid groups (broad SMARTS) is 1. The van der Waals surface area contributed by atoms with Gasteiger partial charge in [0.2, 0.25) is 5.91 Å². The first-order valence-electron chi connectivity index (χ1n) is 10.2. The molecule has 2 N–H and O–H groups in total. The Labute approximate surface area is 179 Å². The first-order chi connectivity index (χ1) is 14.5. The summed E-state index contributed by atoms with van der Waals surface area (Å²) in [6.45, 7) is 4.58. The number of carbonyl (C=O) groups excluding carboxylic acids is 3. The molecule has 160 valence electrons. The SMILES string of the molecule is CCOC(=O)c1c(NC(=O)CCCC(=O)[O-])sc2c1CC[NH+](Cc1ccccc1)C2. The summed E-state index contributed by atoms with van der Waals surface area (Å²) in [5.74, 6) is -1.91. The third kappa shape index (κ3) is 5.67. The van der Waals surface area contributed by atoms with Gasteiger partial charge in [-0.05, 0) is 25.3 Å². The van der Waals surface area contributed by atoms with Crippen LogP contribution in [0.25, 0.3) is 0 Å². The molecule has 7 nitrogen and oxygen atoms in total. The molecule has 0 saturated heterocycles. The van der Waals surface area contributed by atoms with Crippen molar-refractivity contribution in [2.24, 2.45) is 0 Å². The number of aliphatic carboxylic acids is 1. The van der Waals surface area contributed by atoms with E-state index >= 15 is 0 Å². The molecular formula is C22H26N2O5S. The maximum absolute atomic E-state index is 12.6. The highest BCUT2D eigenvalue weighted by atomic mass is 32.1. The lowest BCUT2D eigenvalue weighted by molar-refractivity contribution is -0.929. The van der Waals surface area contributed by atoms with Crippen LogP contribution in [0.2, 0.25) is 0 Å². The summed E-state index contributed by atoms with van der Waals surface area (Å²) in [5.41, 5.74) is 2.67. The maximum atomic E-state index is 12.6. The van der Waals surface area contributed by atoms with E-state index in [2.05, 4.69) is 17.4 Å². The zero-order chi connectivity index (χ0) is 21.5. The molecule has 1 aliphatic rings. The molecule has 1 amide bonds. The van der Waals surface area contributed by atoms with Crippen molar-refractivity contribution in [2.45, 2.75) is 45.7 Å². The van der Waals surface area contributed by atoms with Crippen LogP contribution in [0.5, 0.6) is 0 Å². The van der Waals surface area contributed by atoms with Gasteiger partial charge >= 0.3 is 5.97 Å². The number of carboxylic acids is 1. The number of rotatable bonds is 9. The van der Waals surface area contributed by atoms with Gasteiger partial charge in [-0.3, -0.25) is 4.79 Å². The fourth-order valence-corrected chi connectivity index (χ4v) is 4.99. The largest absolute Gasteiger partial charge is 0.550 e. The second-order valence-electron chi connectivity index (χ2n) is 7.29. The number of fused-ring (bicyclic) bond motifs is 1.